The third kappa shape index (κ3) is 3.65. The monoisotopic (exact) mass is 286 g/mol. The number of benzene rings is 1. The van der Waals surface area contributed by atoms with Gasteiger partial charge < -0.3 is 10.6 Å². The number of hydrogen-bond donors (Lipinski definition) is 2. The van der Waals surface area contributed by atoms with Crippen LogP contribution in [-0.4, -0.2) is 18.5 Å². The van der Waals surface area contributed by atoms with Crippen molar-refractivity contribution in [2.45, 2.75) is 63.5 Å². The van der Waals surface area contributed by atoms with Gasteiger partial charge in [0.1, 0.15) is 0 Å². The molecule has 1 saturated carbocycles. The van der Waals surface area contributed by atoms with Crippen molar-refractivity contribution >= 4 is 5.91 Å². The van der Waals surface area contributed by atoms with Crippen molar-refractivity contribution in [3.8, 4) is 0 Å². The van der Waals surface area contributed by atoms with E-state index in [1.165, 1.54) is 43.2 Å². The molecule has 1 amide bonds. The summed E-state index contributed by atoms with van der Waals surface area (Å²) in [5.74, 6) is 0.181. The van der Waals surface area contributed by atoms with Gasteiger partial charge >= 0.3 is 0 Å². The van der Waals surface area contributed by atoms with E-state index in [2.05, 4.69) is 28.8 Å². The van der Waals surface area contributed by atoms with Crippen molar-refractivity contribution in [2.75, 3.05) is 6.54 Å². The normalized spacial score (nSPS) is 23.7. The molecule has 1 fully saturated rings. The maximum Gasteiger partial charge on any atom is 0.229 e. The molecule has 1 atom stereocenters. The molecule has 3 heteroatoms. The molecule has 0 radical (unpaired) electrons. The van der Waals surface area contributed by atoms with Crippen molar-refractivity contribution in [1.29, 1.82) is 0 Å². The molecule has 3 nitrogen and oxygen atoms in total. The molecule has 0 bridgehead atoms. The Hall–Kier alpha value is -1.35. The zero-order valence-corrected chi connectivity index (χ0v) is 12.7. The Morgan fingerprint density at radius 2 is 1.76 bits per heavy atom. The lowest BCUT2D eigenvalue weighted by Gasteiger charge is -2.28. The van der Waals surface area contributed by atoms with Gasteiger partial charge in [0.2, 0.25) is 5.91 Å². The highest BCUT2D eigenvalue weighted by Crippen LogP contribution is 2.25. The molecule has 2 N–H and O–H groups in total. The molecular weight excluding hydrogens is 260 g/mol. The number of carbonyl (C=O) groups is 1. The van der Waals surface area contributed by atoms with E-state index in [4.69, 9.17) is 0 Å². The molecule has 2 aliphatic rings. The summed E-state index contributed by atoms with van der Waals surface area (Å²) in [6, 6.07) is 8.71. The Labute approximate surface area is 127 Å². The second-order valence-corrected chi connectivity index (χ2v) is 6.43. The number of hydrogen-bond acceptors (Lipinski definition) is 2. The fraction of sp³-hybridized carbons (Fsp3) is 0.611. The summed E-state index contributed by atoms with van der Waals surface area (Å²) in [4.78, 5) is 12.7. The largest absolute Gasteiger partial charge is 0.353 e. The Balaban J connectivity index is 1.65. The molecule has 1 aliphatic carbocycles. The quantitative estimate of drug-likeness (QED) is 0.877. The van der Waals surface area contributed by atoms with Gasteiger partial charge in [0.25, 0.3) is 0 Å². The van der Waals surface area contributed by atoms with Crippen LogP contribution in [0.3, 0.4) is 0 Å². The van der Waals surface area contributed by atoms with E-state index in [0.29, 0.717) is 6.04 Å². The Bertz CT molecular complexity index is 478. The third-order valence-electron chi connectivity index (χ3n) is 4.86. The molecule has 1 unspecified atom stereocenters. The first-order chi connectivity index (χ1) is 10.3. The predicted molar refractivity (Wildman–Crippen MR) is 85.1 cm³/mol. The van der Waals surface area contributed by atoms with Crippen LogP contribution >= 0.6 is 0 Å². The van der Waals surface area contributed by atoms with Crippen LogP contribution in [0.5, 0.6) is 0 Å². The van der Waals surface area contributed by atoms with Crippen LogP contribution in [0.1, 0.15) is 62.0 Å². The van der Waals surface area contributed by atoms with Gasteiger partial charge in [-0.2, -0.15) is 0 Å². The van der Waals surface area contributed by atoms with Crippen molar-refractivity contribution in [3.05, 3.63) is 35.4 Å². The fourth-order valence-electron chi connectivity index (χ4n) is 3.63. The molecule has 3 rings (SSSR count). The van der Waals surface area contributed by atoms with E-state index in [-0.39, 0.29) is 11.8 Å². The van der Waals surface area contributed by atoms with Crippen molar-refractivity contribution in [3.63, 3.8) is 0 Å². The van der Waals surface area contributed by atoms with Crippen LogP contribution in [0, 0.1) is 0 Å². The highest BCUT2D eigenvalue weighted by atomic mass is 16.2. The summed E-state index contributed by atoms with van der Waals surface area (Å²) < 4.78 is 0. The maximum absolute atomic E-state index is 12.7. The molecule has 0 saturated heterocycles. The van der Waals surface area contributed by atoms with Crippen LogP contribution in [0.2, 0.25) is 0 Å². The topological polar surface area (TPSA) is 41.1 Å². The lowest BCUT2D eigenvalue weighted by molar-refractivity contribution is -0.123. The highest BCUT2D eigenvalue weighted by Gasteiger charge is 2.27. The summed E-state index contributed by atoms with van der Waals surface area (Å²) >= 11 is 0. The highest BCUT2D eigenvalue weighted by molar-refractivity contribution is 5.84. The van der Waals surface area contributed by atoms with Gasteiger partial charge in [-0.1, -0.05) is 56.4 Å². The molecule has 1 heterocycles. The lowest BCUT2D eigenvalue weighted by atomic mass is 9.89. The first-order valence-corrected chi connectivity index (χ1v) is 8.43. The van der Waals surface area contributed by atoms with Gasteiger partial charge in [0.05, 0.1) is 5.92 Å². The van der Waals surface area contributed by atoms with Gasteiger partial charge in [-0.05, 0) is 24.0 Å². The van der Waals surface area contributed by atoms with Gasteiger partial charge in [-0.3, -0.25) is 4.79 Å². The molecular formula is C18H26N2O. The molecule has 21 heavy (non-hydrogen) atoms. The van der Waals surface area contributed by atoms with Crippen LogP contribution in [0.4, 0.5) is 0 Å². The summed E-state index contributed by atoms with van der Waals surface area (Å²) in [5.41, 5.74) is 2.47. The van der Waals surface area contributed by atoms with E-state index in [1.807, 2.05) is 6.07 Å². The molecule has 0 aromatic heterocycles. The van der Waals surface area contributed by atoms with Gasteiger partial charge in [-0.15, -0.1) is 0 Å². The summed E-state index contributed by atoms with van der Waals surface area (Å²) in [7, 11) is 0. The minimum atomic E-state index is -0.0274. The van der Waals surface area contributed by atoms with Gasteiger partial charge in [0, 0.05) is 19.1 Å². The minimum absolute atomic E-state index is 0.0274. The molecule has 1 aromatic rings. The van der Waals surface area contributed by atoms with E-state index in [1.54, 1.807) is 0 Å². The van der Waals surface area contributed by atoms with Crippen molar-refractivity contribution in [1.82, 2.24) is 10.6 Å². The third-order valence-corrected chi connectivity index (χ3v) is 4.86. The number of rotatable bonds is 2. The number of amides is 1. The molecule has 1 aromatic carbocycles. The Morgan fingerprint density at radius 1 is 1.05 bits per heavy atom. The summed E-state index contributed by atoms with van der Waals surface area (Å²) in [5, 5.41) is 6.69. The number of fused-ring (bicyclic) bond motifs is 1. The second kappa shape index (κ2) is 7.08. The van der Waals surface area contributed by atoms with Crippen molar-refractivity contribution < 1.29 is 4.79 Å². The van der Waals surface area contributed by atoms with Crippen molar-refractivity contribution in [2.24, 2.45) is 0 Å². The van der Waals surface area contributed by atoms with E-state index >= 15 is 0 Å². The Kier molecular flexibility index (Phi) is 4.91. The van der Waals surface area contributed by atoms with E-state index < -0.39 is 0 Å². The Morgan fingerprint density at radius 3 is 2.57 bits per heavy atom. The zero-order chi connectivity index (χ0) is 14.5. The lowest BCUT2D eigenvalue weighted by Crippen LogP contribution is -2.43. The fourth-order valence-corrected chi connectivity index (χ4v) is 3.63. The van der Waals surface area contributed by atoms with E-state index in [9.17, 15) is 4.79 Å². The molecule has 0 spiro atoms. The number of carbonyl (C=O) groups excluding carboxylic acids is 1. The average molecular weight is 286 g/mol. The average Bonchev–Trinajstić information content (AvgIpc) is 2.49. The minimum Gasteiger partial charge on any atom is -0.353 e. The van der Waals surface area contributed by atoms with Crippen LogP contribution in [-0.2, 0) is 11.3 Å². The van der Waals surface area contributed by atoms with E-state index in [0.717, 1.165) is 25.9 Å². The summed E-state index contributed by atoms with van der Waals surface area (Å²) in [6.07, 6.45) is 8.80. The van der Waals surface area contributed by atoms with Gasteiger partial charge in [-0.25, -0.2) is 0 Å². The summed E-state index contributed by atoms with van der Waals surface area (Å²) in [6.45, 7) is 1.64. The maximum atomic E-state index is 12.7. The zero-order valence-electron chi connectivity index (χ0n) is 12.7. The second-order valence-electron chi connectivity index (χ2n) is 6.43. The first-order valence-electron chi connectivity index (χ1n) is 8.43. The van der Waals surface area contributed by atoms with Crippen LogP contribution in [0.15, 0.2) is 24.3 Å². The molecule has 1 aliphatic heterocycles. The van der Waals surface area contributed by atoms with Gasteiger partial charge in [0.15, 0.2) is 0 Å². The standard InChI is InChI=1S/C18H26N2O/c21-18(20-15-9-4-2-1-3-5-10-15)17-13-19-12-14-8-6-7-11-16(14)17/h6-8,11,15,17,19H,1-5,9-10,12-13H2,(H,20,21). The van der Waals surface area contributed by atoms with Crippen LogP contribution < -0.4 is 10.6 Å². The smallest absolute Gasteiger partial charge is 0.229 e. The molecule has 114 valence electrons. The predicted octanol–water partition coefficient (Wildman–Crippen LogP) is 3.10. The SMILES string of the molecule is O=C(NC1CCCCCCC1)C1CNCc2ccccc21. The number of nitrogens with one attached hydrogen (secondary N) is 2. The van der Waals surface area contributed by atoms with Crippen LogP contribution in [0.25, 0.3) is 0 Å². The first kappa shape index (κ1) is 14.6.